The summed E-state index contributed by atoms with van der Waals surface area (Å²) in [6.07, 6.45) is 9.92. The van der Waals surface area contributed by atoms with Crippen LogP contribution in [0.4, 0.5) is 11.4 Å². The first-order valence-corrected chi connectivity index (χ1v) is 12.5. The Labute approximate surface area is 210 Å². The van der Waals surface area contributed by atoms with Crippen molar-refractivity contribution in [2.75, 3.05) is 5.32 Å². The molecule has 0 spiro atoms. The maximum absolute atomic E-state index is 6.06. The van der Waals surface area contributed by atoms with E-state index in [0.29, 0.717) is 5.92 Å². The van der Waals surface area contributed by atoms with Crippen LogP contribution in [0.3, 0.4) is 0 Å². The van der Waals surface area contributed by atoms with E-state index in [1.54, 1.807) is 0 Å². The second-order valence-corrected chi connectivity index (χ2v) is 9.42. The summed E-state index contributed by atoms with van der Waals surface area (Å²) in [6, 6.07) is 36.5. The van der Waals surface area contributed by atoms with Gasteiger partial charge in [0.05, 0.1) is 0 Å². The fourth-order valence-corrected chi connectivity index (χ4v) is 5.43. The van der Waals surface area contributed by atoms with Crippen molar-refractivity contribution in [1.29, 1.82) is 0 Å². The van der Waals surface area contributed by atoms with Gasteiger partial charge in [-0.15, -0.1) is 0 Å². The average molecular weight is 464 g/mol. The van der Waals surface area contributed by atoms with Gasteiger partial charge in [0.2, 0.25) is 0 Å². The highest BCUT2D eigenvalue weighted by Gasteiger charge is 2.15. The number of hydrogen-bond donors (Lipinski definition) is 1. The van der Waals surface area contributed by atoms with Crippen molar-refractivity contribution in [3.8, 4) is 11.1 Å². The van der Waals surface area contributed by atoms with Crippen molar-refractivity contribution in [2.24, 2.45) is 0 Å². The van der Waals surface area contributed by atoms with Gasteiger partial charge in [0.25, 0.3) is 0 Å². The standard InChI is InChI=1S/C34H25NO/c1-2-8-23(9-3-1)28-13-6-10-25-11-7-14-29(34(25)28)24-16-18-26(19-17-24)35-27-20-21-31-30-12-4-5-15-32(30)36-33(31)22-27/h1-8,10-23,35H,9H2. The second kappa shape index (κ2) is 8.58. The first-order valence-electron chi connectivity index (χ1n) is 12.5. The minimum absolute atomic E-state index is 0.411. The third-order valence-corrected chi connectivity index (χ3v) is 7.18. The van der Waals surface area contributed by atoms with E-state index in [9.17, 15) is 0 Å². The molecule has 0 radical (unpaired) electrons. The van der Waals surface area contributed by atoms with E-state index < -0.39 is 0 Å². The Hall–Kier alpha value is -4.56. The number of allylic oxidation sites excluding steroid dienone is 4. The summed E-state index contributed by atoms with van der Waals surface area (Å²) in [6.45, 7) is 0. The summed E-state index contributed by atoms with van der Waals surface area (Å²) in [7, 11) is 0. The van der Waals surface area contributed by atoms with Gasteiger partial charge in [0, 0.05) is 34.1 Å². The van der Waals surface area contributed by atoms with Crippen molar-refractivity contribution < 1.29 is 4.42 Å². The van der Waals surface area contributed by atoms with Crippen LogP contribution in [0.1, 0.15) is 17.9 Å². The molecule has 7 rings (SSSR count). The number of fused-ring (bicyclic) bond motifs is 4. The lowest BCUT2D eigenvalue weighted by atomic mass is 9.85. The van der Waals surface area contributed by atoms with Crippen LogP contribution in [0.2, 0.25) is 0 Å². The molecular weight excluding hydrogens is 438 g/mol. The van der Waals surface area contributed by atoms with E-state index in [2.05, 4.69) is 115 Å². The van der Waals surface area contributed by atoms with Crippen LogP contribution in [0, 0.1) is 0 Å². The van der Waals surface area contributed by atoms with Crippen molar-refractivity contribution in [2.45, 2.75) is 12.3 Å². The summed E-state index contributed by atoms with van der Waals surface area (Å²) in [5.41, 5.74) is 7.78. The molecular formula is C34H25NO. The number of nitrogens with one attached hydrogen (secondary N) is 1. The van der Waals surface area contributed by atoms with Crippen molar-refractivity contribution in [1.82, 2.24) is 0 Å². The van der Waals surface area contributed by atoms with Crippen molar-refractivity contribution in [3.63, 3.8) is 0 Å². The molecule has 36 heavy (non-hydrogen) atoms. The van der Waals surface area contributed by atoms with Gasteiger partial charge in [-0.2, -0.15) is 0 Å². The first kappa shape index (κ1) is 20.8. The Kier molecular flexibility index (Phi) is 4.96. The molecule has 1 atom stereocenters. The Morgan fingerprint density at radius 1 is 0.667 bits per heavy atom. The molecule has 1 aliphatic carbocycles. The zero-order valence-electron chi connectivity index (χ0n) is 19.8. The molecule has 1 heterocycles. The van der Waals surface area contributed by atoms with Crippen molar-refractivity contribution in [3.05, 3.63) is 133 Å². The van der Waals surface area contributed by atoms with E-state index in [4.69, 9.17) is 4.42 Å². The lowest BCUT2D eigenvalue weighted by Gasteiger charge is -2.19. The van der Waals surface area contributed by atoms with Gasteiger partial charge in [-0.1, -0.05) is 91.0 Å². The Bertz CT molecular complexity index is 1780. The van der Waals surface area contributed by atoms with Crippen LogP contribution in [0.15, 0.2) is 132 Å². The Morgan fingerprint density at radius 2 is 1.47 bits per heavy atom. The minimum Gasteiger partial charge on any atom is -0.456 e. The van der Waals surface area contributed by atoms with E-state index in [1.165, 1.54) is 27.5 Å². The summed E-state index contributed by atoms with van der Waals surface area (Å²) in [4.78, 5) is 0. The van der Waals surface area contributed by atoms with Crippen LogP contribution in [-0.4, -0.2) is 0 Å². The number of benzene rings is 5. The molecule has 6 aromatic rings. The third kappa shape index (κ3) is 3.59. The first-order chi connectivity index (χ1) is 17.8. The largest absolute Gasteiger partial charge is 0.456 e. The average Bonchev–Trinajstić information content (AvgIpc) is 3.31. The topological polar surface area (TPSA) is 25.2 Å². The van der Waals surface area contributed by atoms with E-state index >= 15 is 0 Å². The normalized spacial score (nSPS) is 15.2. The maximum Gasteiger partial charge on any atom is 0.137 e. The molecule has 0 saturated heterocycles. The molecule has 0 saturated carbocycles. The van der Waals surface area contributed by atoms with Crippen LogP contribution in [-0.2, 0) is 0 Å². The van der Waals surface area contributed by atoms with Crippen LogP contribution >= 0.6 is 0 Å². The Balaban J connectivity index is 1.22. The highest BCUT2D eigenvalue weighted by molar-refractivity contribution is 6.05. The fraction of sp³-hybridized carbons (Fsp3) is 0.0588. The number of hydrogen-bond acceptors (Lipinski definition) is 2. The highest BCUT2D eigenvalue weighted by Crippen LogP contribution is 2.38. The smallest absolute Gasteiger partial charge is 0.137 e. The number of furan rings is 1. The van der Waals surface area contributed by atoms with Gasteiger partial charge >= 0.3 is 0 Å². The zero-order chi connectivity index (χ0) is 23.9. The number of rotatable bonds is 4. The fourth-order valence-electron chi connectivity index (χ4n) is 5.43. The molecule has 1 aliphatic rings. The second-order valence-electron chi connectivity index (χ2n) is 9.42. The van der Waals surface area contributed by atoms with Gasteiger partial charge < -0.3 is 9.73 Å². The molecule has 0 aliphatic heterocycles. The molecule has 172 valence electrons. The quantitative estimate of drug-likeness (QED) is 0.281. The van der Waals surface area contributed by atoms with Crippen LogP contribution in [0.5, 0.6) is 0 Å². The Morgan fingerprint density at radius 3 is 2.33 bits per heavy atom. The predicted octanol–water partition coefficient (Wildman–Crippen LogP) is 9.75. The van der Waals surface area contributed by atoms with Crippen LogP contribution in [0.25, 0.3) is 43.8 Å². The molecule has 2 nitrogen and oxygen atoms in total. The van der Waals surface area contributed by atoms with Crippen LogP contribution < -0.4 is 5.32 Å². The summed E-state index contributed by atoms with van der Waals surface area (Å²) >= 11 is 0. The molecule has 0 fully saturated rings. The number of anilines is 2. The third-order valence-electron chi connectivity index (χ3n) is 7.18. The summed E-state index contributed by atoms with van der Waals surface area (Å²) in [5.74, 6) is 0.411. The molecule has 0 bridgehead atoms. The van der Waals surface area contributed by atoms with E-state index in [-0.39, 0.29) is 0 Å². The van der Waals surface area contributed by atoms with E-state index in [0.717, 1.165) is 39.7 Å². The molecule has 1 N–H and O–H groups in total. The van der Waals surface area contributed by atoms with Gasteiger partial charge in [-0.25, -0.2) is 0 Å². The van der Waals surface area contributed by atoms with Crippen molar-refractivity contribution >= 4 is 44.1 Å². The highest BCUT2D eigenvalue weighted by atomic mass is 16.3. The lowest BCUT2D eigenvalue weighted by Crippen LogP contribution is -1.98. The molecule has 1 unspecified atom stereocenters. The van der Waals surface area contributed by atoms with E-state index in [1.807, 2.05) is 18.2 Å². The van der Waals surface area contributed by atoms with Gasteiger partial charge in [0.15, 0.2) is 0 Å². The summed E-state index contributed by atoms with van der Waals surface area (Å²) < 4.78 is 6.06. The SMILES string of the molecule is C1=CCC(c2cccc3cccc(-c4ccc(Nc5ccc6c(c5)oc5ccccc56)cc4)c23)C=C1. The van der Waals surface area contributed by atoms with Gasteiger partial charge in [-0.3, -0.25) is 0 Å². The molecule has 5 aromatic carbocycles. The minimum atomic E-state index is 0.411. The summed E-state index contributed by atoms with van der Waals surface area (Å²) in [5, 5.41) is 8.47. The zero-order valence-corrected chi connectivity index (χ0v) is 19.8. The van der Waals surface area contributed by atoms with Gasteiger partial charge in [0.1, 0.15) is 11.2 Å². The molecule has 0 amide bonds. The van der Waals surface area contributed by atoms with Gasteiger partial charge in [-0.05, 0) is 64.2 Å². The number of para-hydroxylation sites is 1. The lowest BCUT2D eigenvalue weighted by molar-refractivity contribution is 0.669. The monoisotopic (exact) mass is 463 g/mol. The maximum atomic E-state index is 6.06. The molecule has 1 aromatic heterocycles. The molecule has 2 heteroatoms. The predicted molar refractivity (Wildman–Crippen MR) is 152 cm³/mol.